The molecular weight excluding hydrogens is 373 g/mol. The Morgan fingerprint density at radius 3 is 2.21 bits per heavy atom. The fourth-order valence-electron chi connectivity index (χ4n) is 5.24. The van der Waals surface area contributed by atoms with Crippen molar-refractivity contribution in [3.8, 4) is 0 Å². The van der Waals surface area contributed by atoms with Gasteiger partial charge in [-0.25, -0.2) is 9.79 Å². The first-order valence-electron chi connectivity index (χ1n) is 9.42. The van der Waals surface area contributed by atoms with Crippen LogP contribution in [0, 0.1) is 17.8 Å². The van der Waals surface area contributed by atoms with Gasteiger partial charge in [0.1, 0.15) is 0 Å². The predicted molar refractivity (Wildman–Crippen MR) is 97.3 cm³/mol. The highest BCUT2D eigenvalue weighted by atomic mass is 19.4. The first kappa shape index (κ1) is 20.4. The molecule has 4 saturated carbocycles. The van der Waals surface area contributed by atoms with Crippen LogP contribution in [0.3, 0.4) is 0 Å². The Morgan fingerprint density at radius 2 is 1.79 bits per heavy atom. The summed E-state index contributed by atoms with van der Waals surface area (Å²) in [5.41, 5.74) is 7.51. The molecule has 4 aliphatic rings. The zero-order chi connectivity index (χ0) is 20.4. The van der Waals surface area contributed by atoms with Gasteiger partial charge in [0.15, 0.2) is 5.96 Å². The monoisotopic (exact) mass is 398 g/mol. The van der Waals surface area contributed by atoms with Gasteiger partial charge >= 0.3 is 12.1 Å². The molecule has 1 heterocycles. The maximum absolute atomic E-state index is 10.6. The Hall–Kier alpha value is -2.32. The van der Waals surface area contributed by atoms with Crippen LogP contribution in [0.1, 0.15) is 44.1 Å². The van der Waals surface area contributed by atoms with Gasteiger partial charge in [-0.3, -0.25) is 4.98 Å². The average molecular weight is 398 g/mol. The fourth-order valence-corrected chi connectivity index (χ4v) is 5.24. The van der Waals surface area contributed by atoms with Gasteiger partial charge in [-0.2, -0.15) is 13.2 Å². The molecule has 0 aromatic carbocycles. The van der Waals surface area contributed by atoms with E-state index in [0.29, 0.717) is 12.5 Å². The molecular formula is C19H25F3N4O2. The van der Waals surface area contributed by atoms with Crippen molar-refractivity contribution in [1.29, 1.82) is 0 Å². The molecule has 9 heteroatoms. The number of carbonyl (C=O) groups is 1. The molecule has 4 fully saturated rings. The number of hydrogen-bond donors (Lipinski definition) is 3. The van der Waals surface area contributed by atoms with Gasteiger partial charge < -0.3 is 16.2 Å². The molecule has 154 valence electrons. The van der Waals surface area contributed by atoms with Crippen LogP contribution in [0.2, 0.25) is 0 Å². The van der Waals surface area contributed by atoms with Crippen LogP contribution in [0.5, 0.6) is 0 Å². The number of aliphatic carboxylic acids is 1. The zero-order valence-corrected chi connectivity index (χ0v) is 15.5. The lowest BCUT2D eigenvalue weighted by Crippen LogP contribution is -2.61. The zero-order valence-electron chi connectivity index (χ0n) is 15.5. The molecule has 5 rings (SSSR count). The lowest BCUT2D eigenvalue weighted by molar-refractivity contribution is -0.192. The van der Waals surface area contributed by atoms with Crippen LogP contribution in [0.15, 0.2) is 29.5 Å². The van der Waals surface area contributed by atoms with Crippen LogP contribution < -0.4 is 11.1 Å². The Morgan fingerprint density at radius 1 is 1.25 bits per heavy atom. The number of nitrogens with two attached hydrogens (primary N) is 1. The van der Waals surface area contributed by atoms with Gasteiger partial charge in [0.2, 0.25) is 0 Å². The number of carboxylic acids is 1. The summed E-state index contributed by atoms with van der Waals surface area (Å²) < 4.78 is 31.7. The van der Waals surface area contributed by atoms with Gasteiger partial charge in [0.05, 0.1) is 6.54 Å². The highest BCUT2D eigenvalue weighted by Gasteiger charge is 2.51. The molecule has 0 aliphatic heterocycles. The van der Waals surface area contributed by atoms with Gasteiger partial charge in [0, 0.05) is 17.9 Å². The number of aromatic nitrogens is 1. The standard InChI is InChI=1S/C17H24N4.C2HF3O2/c18-16(20-11-12-2-1-3-19-10-12)21-17-7-13-4-14(8-17)6-15(5-13)9-17;3-2(4,5)1(6)7/h1-3,10,13-15H,4-9,11H2,(H3,18,20,21);(H,6,7). The average Bonchev–Trinajstić information content (AvgIpc) is 2.59. The third kappa shape index (κ3) is 5.14. The van der Waals surface area contributed by atoms with Gasteiger partial charge in [-0.05, 0) is 67.9 Å². The van der Waals surface area contributed by atoms with E-state index in [1.807, 2.05) is 18.3 Å². The predicted octanol–water partition coefficient (Wildman–Crippen LogP) is 3.09. The van der Waals surface area contributed by atoms with Crippen LogP contribution in [-0.2, 0) is 11.3 Å². The molecule has 6 nitrogen and oxygen atoms in total. The van der Waals surface area contributed by atoms with Crippen LogP contribution in [0.4, 0.5) is 13.2 Å². The van der Waals surface area contributed by atoms with Gasteiger partial charge in [-0.1, -0.05) is 6.07 Å². The molecule has 0 spiro atoms. The normalized spacial score (nSPS) is 31.1. The molecule has 4 aliphatic carbocycles. The number of carboxylic acid groups (broad SMARTS) is 1. The number of guanidine groups is 1. The maximum Gasteiger partial charge on any atom is 0.490 e. The molecule has 4 N–H and O–H groups in total. The minimum atomic E-state index is -5.08. The molecule has 1 aromatic heterocycles. The van der Waals surface area contributed by atoms with Crippen molar-refractivity contribution in [3.63, 3.8) is 0 Å². The molecule has 1 aromatic rings. The van der Waals surface area contributed by atoms with Crippen molar-refractivity contribution in [2.75, 3.05) is 0 Å². The van der Waals surface area contributed by atoms with Crippen molar-refractivity contribution < 1.29 is 23.1 Å². The molecule has 0 saturated heterocycles. The Kier molecular flexibility index (Phi) is 5.81. The molecule has 4 bridgehead atoms. The van der Waals surface area contributed by atoms with E-state index in [1.54, 1.807) is 6.20 Å². The molecule has 28 heavy (non-hydrogen) atoms. The van der Waals surface area contributed by atoms with Crippen LogP contribution >= 0.6 is 0 Å². The minimum absolute atomic E-state index is 0.247. The van der Waals surface area contributed by atoms with E-state index in [4.69, 9.17) is 15.6 Å². The van der Waals surface area contributed by atoms with Gasteiger partial charge in [-0.15, -0.1) is 0 Å². The summed E-state index contributed by atoms with van der Waals surface area (Å²) >= 11 is 0. The summed E-state index contributed by atoms with van der Waals surface area (Å²) in [7, 11) is 0. The van der Waals surface area contributed by atoms with E-state index in [-0.39, 0.29) is 5.54 Å². The molecule has 0 atom stereocenters. The van der Waals surface area contributed by atoms with Crippen molar-refractivity contribution in [2.45, 2.75) is 56.8 Å². The van der Waals surface area contributed by atoms with E-state index in [9.17, 15) is 13.2 Å². The Bertz CT molecular complexity index is 686. The van der Waals surface area contributed by atoms with Crippen LogP contribution in [0.25, 0.3) is 0 Å². The molecule has 0 unspecified atom stereocenters. The number of pyridine rings is 1. The summed E-state index contributed by atoms with van der Waals surface area (Å²) in [6.45, 7) is 0.610. The van der Waals surface area contributed by atoms with E-state index in [2.05, 4.69) is 15.3 Å². The quantitative estimate of drug-likeness (QED) is 0.537. The second-order valence-corrected chi connectivity index (χ2v) is 8.19. The molecule has 0 radical (unpaired) electrons. The minimum Gasteiger partial charge on any atom is -0.475 e. The summed E-state index contributed by atoms with van der Waals surface area (Å²) in [6.07, 6.45) is 6.78. The summed E-state index contributed by atoms with van der Waals surface area (Å²) in [5, 5.41) is 10.7. The second kappa shape index (κ2) is 7.97. The number of nitrogens with zero attached hydrogens (tertiary/aromatic N) is 2. The molecule has 0 amide bonds. The number of aliphatic imine (C=N–C) groups is 1. The van der Waals surface area contributed by atoms with E-state index < -0.39 is 12.1 Å². The maximum atomic E-state index is 10.6. The first-order valence-corrected chi connectivity index (χ1v) is 9.42. The topological polar surface area (TPSA) is 101 Å². The highest BCUT2D eigenvalue weighted by Crippen LogP contribution is 2.55. The number of halogens is 3. The lowest BCUT2D eigenvalue weighted by atomic mass is 9.53. The first-order chi connectivity index (χ1) is 13.2. The van der Waals surface area contributed by atoms with E-state index in [1.165, 1.54) is 38.5 Å². The number of alkyl halides is 3. The smallest absolute Gasteiger partial charge is 0.475 e. The van der Waals surface area contributed by atoms with Crippen molar-refractivity contribution in [2.24, 2.45) is 28.5 Å². The number of nitrogens with one attached hydrogen (secondary N) is 1. The Balaban J connectivity index is 0.000000279. The number of rotatable bonds is 3. The van der Waals surface area contributed by atoms with Gasteiger partial charge in [0.25, 0.3) is 0 Å². The van der Waals surface area contributed by atoms with E-state index >= 15 is 0 Å². The van der Waals surface area contributed by atoms with Crippen molar-refractivity contribution in [1.82, 2.24) is 10.3 Å². The number of hydrogen-bond acceptors (Lipinski definition) is 3. The SMILES string of the molecule is NC(=NCc1cccnc1)NC12CC3CC(CC(C3)C1)C2.O=C(O)C(F)(F)F. The Labute approximate surface area is 161 Å². The lowest BCUT2D eigenvalue weighted by Gasteiger charge is -2.57. The third-order valence-electron chi connectivity index (χ3n) is 5.83. The van der Waals surface area contributed by atoms with Crippen molar-refractivity contribution >= 4 is 11.9 Å². The second-order valence-electron chi connectivity index (χ2n) is 8.19. The summed E-state index contributed by atoms with van der Waals surface area (Å²) in [5.74, 6) is 0.632. The highest BCUT2D eigenvalue weighted by molar-refractivity contribution is 5.78. The van der Waals surface area contributed by atoms with Crippen molar-refractivity contribution in [3.05, 3.63) is 30.1 Å². The summed E-state index contributed by atoms with van der Waals surface area (Å²) in [6, 6.07) is 3.97. The summed E-state index contributed by atoms with van der Waals surface area (Å²) in [4.78, 5) is 17.5. The fraction of sp³-hybridized carbons (Fsp3) is 0.632. The van der Waals surface area contributed by atoms with E-state index in [0.717, 1.165) is 23.3 Å². The third-order valence-corrected chi connectivity index (χ3v) is 5.83. The van der Waals surface area contributed by atoms with Crippen LogP contribution in [-0.4, -0.2) is 33.7 Å². The largest absolute Gasteiger partial charge is 0.490 e.